The fourth-order valence-electron chi connectivity index (χ4n) is 4.25. The van der Waals surface area contributed by atoms with Crippen molar-refractivity contribution in [3.63, 3.8) is 0 Å². The molecule has 1 aliphatic carbocycles. The van der Waals surface area contributed by atoms with E-state index in [1.54, 1.807) is 34.5 Å². The van der Waals surface area contributed by atoms with E-state index in [0.29, 0.717) is 41.6 Å². The molecule has 1 atom stereocenters. The van der Waals surface area contributed by atoms with Gasteiger partial charge >= 0.3 is 0 Å². The first-order valence-electron chi connectivity index (χ1n) is 11.2. The zero-order valence-electron chi connectivity index (χ0n) is 18.4. The monoisotopic (exact) mass is 454 g/mol. The van der Waals surface area contributed by atoms with Crippen molar-refractivity contribution in [1.82, 2.24) is 29.4 Å². The van der Waals surface area contributed by atoms with Crippen molar-refractivity contribution in [2.24, 2.45) is 0 Å². The van der Waals surface area contributed by atoms with Crippen LogP contribution in [-0.4, -0.2) is 69.4 Å². The largest absolute Gasteiger partial charge is 0.373 e. The molecule has 2 fully saturated rings. The number of anilines is 3. The van der Waals surface area contributed by atoms with Crippen LogP contribution in [0, 0.1) is 0 Å². The molecule has 0 bridgehead atoms. The Hall–Kier alpha value is -3.47. The highest BCUT2D eigenvalue weighted by Crippen LogP contribution is 2.24. The summed E-state index contributed by atoms with van der Waals surface area (Å²) in [7, 11) is 1.75. The Bertz CT molecular complexity index is 1230. The number of alkyl halides is 1. The summed E-state index contributed by atoms with van der Waals surface area (Å²) in [6, 6.07) is 5.47. The maximum Gasteiger partial charge on any atom is 0.274 e. The summed E-state index contributed by atoms with van der Waals surface area (Å²) in [5.74, 6) is 0.843. The van der Waals surface area contributed by atoms with Crippen LogP contribution in [0.25, 0.3) is 5.65 Å². The van der Waals surface area contributed by atoms with Gasteiger partial charge in [0.2, 0.25) is 0 Å². The van der Waals surface area contributed by atoms with E-state index in [2.05, 4.69) is 26.0 Å². The van der Waals surface area contributed by atoms with Gasteiger partial charge in [-0.05, 0) is 31.4 Å². The Balaban J connectivity index is 1.44. The van der Waals surface area contributed by atoms with Crippen LogP contribution in [-0.2, 0) is 0 Å². The number of nitrogens with zero attached hydrogens (tertiary/aromatic N) is 5. The van der Waals surface area contributed by atoms with Crippen molar-refractivity contribution in [2.75, 3.05) is 44.0 Å². The summed E-state index contributed by atoms with van der Waals surface area (Å²) in [4.78, 5) is 32.4. The fraction of sp³-hybridized carbons (Fsp3) is 0.455. The number of aromatic nitrogens is 4. The van der Waals surface area contributed by atoms with Crippen molar-refractivity contribution < 1.29 is 9.18 Å². The van der Waals surface area contributed by atoms with Gasteiger partial charge in [-0.3, -0.25) is 14.5 Å². The summed E-state index contributed by atoms with van der Waals surface area (Å²) < 4.78 is 16.0. The molecule has 3 N–H and O–H groups in total. The highest BCUT2D eigenvalue weighted by Gasteiger charge is 2.27. The molecule has 1 amide bonds. The zero-order valence-corrected chi connectivity index (χ0v) is 18.4. The summed E-state index contributed by atoms with van der Waals surface area (Å²) in [6.07, 6.45) is 6.04. The highest BCUT2D eigenvalue weighted by atomic mass is 19.1. The number of pyridine rings is 1. The number of rotatable bonds is 8. The third kappa shape index (κ3) is 4.28. The molecule has 1 saturated carbocycles. The molecule has 10 nitrogen and oxygen atoms in total. The standard InChI is InChI=1S/C22H27FN8O2/c1-24-19-11-18(28-20-16(12-25-31(19)20)21(32)26-14-4-5-14)27-17-3-2-8-30(22(17)33)15-6-9-29(13-15)10-7-23/h2-3,8,11-12,14-15,24H,4-7,9-10,13H2,1H3,(H,26,32)(H,27,28)/t15-/m0/s1. The smallest absolute Gasteiger partial charge is 0.274 e. The van der Waals surface area contributed by atoms with Gasteiger partial charge in [-0.15, -0.1) is 0 Å². The number of hydrogen-bond acceptors (Lipinski definition) is 7. The molecule has 0 aromatic carbocycles. The number of carbonyl (C=O) groups is 1. The van der Waals surface area contributed by atoms with E-state index < -0.39 is 0 Å². The Morgan fingerprint density at radius 3 is 2.91 bits per heavy atom. The van der Waals surface area contributed by atoms with E-state index in [-0.39, 0.29) is 30.2 Å². The molecule has 5 rings (SSSR count). The third-order valence-corrected chi connectivity index (χ3v) is 6.16. The highest BCUT2D eigenvalue weighted by molar-refractivity contribution is 6.00. The number of fused-ring (bicyclic) bond motifs is 1. The van der Waals surface area contributed by atoms with Crippen LogP contribution < -0.4 is 21.5 Å². The van der Waals surface area contributed by atoms with E-state index in [4.69, 9.17) is 0 Å². The average molecular weight is 455 g/mol. The molecule has 2 aliphatic rings. The molecule has 3 aromatic rings. The topological polar surface area (TPSA) is 109 Å². The molecule has 0 radical (unpaired) electrons. The van der Waals surface area contributed by atoms with E-state index in [1.807, 2.05) is 11.0 Å². The molecule has 3 aromatic heterocycles. The molecule has 11 heteroatoms. The number of nitrogens with one attached hydrogen (secondary N) is 3. The van der Waals surface area contributed by atoms with Crippen LogP contribution in [0.3, 0.4) is 0 Å². The maximum atomic E-state index is 13.2. The van der Waals surface area contributed by atoms with Crippen molar-refractivity contribution in [1.29, 1.82) is 0 Å². The Morgan fingerprint density at radius 1 is 1.30 bits per heavy atom. The van der Waals surface area contributed by atoms with Crippen LogP contribution in [0.4, 0.5) is 21.7 Å². The second kappa shape index (κ2) is 8.81. The molecule has 0 unspecified atom stereocenters. The van der Waals surface area contributed by atoms with Crippen molar-refractivity contribution >= 4 is 28.9 Å². The predicted molar refractivity (Wildman–Crippen MR) is 123 cm³/mol. The Morgan fingerprint density at radius 2 is 2.15 bits per heavy atom. The number of carbonyl (C=O) groups excluding carboxylic acids is 1. The van der Waals surface area contributed by atoms with E-state index in [1.165, 1.54) is 6.20 Å². The van der Waals surface area contributed by atoms with Crippen molar-refractivity contribution in [3.05, 3.63) is 46.5 Å². The minimum atomic E-state index is -0.388. The maximum absolute atomic E-state index is 13.2. The molecule has 4 heterocycles. The molecule has 1 aliphatic heterocycles. The van der Waals surface area contributed by atoms with Gasteiger partial charge in [-0.1, -0.05) is 0 Å². The minimum absolute atomic E-state index is 0.00154. The van der Waals surface area contributed by atoms with Crippen LogP contribution in [0.15, 0.2) is 35.4 Å². The lowest BCUT2D eigenvalue weighted by Gasteiger charge is -2.17. The molecule has 33 heavy (non-hydrogen) atoms. The first-order valence-corrected chi connectivity index (χ1v) is 11.2. The lowest BCUT2D eigenvalue weighted by atomic mass is 10.2. The van der Waals surface area contributed by atoms with Crippen LogP contribution >= 0.6 is 0 Å². The van der Waals surface area contributed by atoms with Gasteiger partial charge in [0, 0.05) is 45.0 Å². The lowest BCUT2D eigenvalue weighted by molar-refractivity contribution is 0.0952. The van der Waals surface area contributed by atoms with Crippen LogP contribution in [0.2, 0.25) is 0 Å². The molecular weight excluding hydrogens is 427 g/mol. The fourth-order valence-corrected chi connectivity index (χ4v) is 4.25. The van der Waals surface area contributed by atoms with Gasteiger partial charge < -0.3 is 20.5 Å². The third-order valence-electron chi connectivity index (χ3n) is 6.16. The van der Waals surface area contributed by atoms with Gasteiger partial charge in [0.15, 0.2) is 5.65 Å². The predicted octanol–water partition coefficient (Wildman–Crippen LogP) is 1.78. The summed E-state index contributed by atoms with van der Waals surface area (Å²) in [6.45, 7) is 1.42. The summed E-state index contributed by atoms with van der Waals surface area (Å²) >= 11 is 0. The van der Waals surface area contributed by atoms with Gasteiger partial charge in [0.1, 0.15) is 29.6 Å². The Labute approximate surface area is 189 Å². The number of amides is 1. The molecule has 0 spiro atoms. The molecular formula is C22H27FN8O2. The van der Waals surface area contributed by atoms with E-state index in [0.717, 1.165) is 25.8 Å². The SMILES string of the molecule is CNc1cc(Nc2cccn([C@H]3CCN(CCF)C3)c2=O)nc2c(C(=O)NC3CC3)cnn12. The zero-order chi connectivity index (χ0) is 22.9. The quantitative estimate of drug-likeness (QED) is 0.476. The number of hydrogen-bond donors (Lipinski definition) is 3. The van der Waals surface area contributed by atoms with Gasteiger partial charge in [0.25, 0.3) is 11.5 Å². The van der Waals surface area contributed by atoms with Gasteiger partial charge in [0.05, 0.1) is 12.2 Å². The minimum Gasteiger partial charge on any atom is -0.373 e. The average Bonchev–Trinajstić information content (AvgIpc) is 3.32. The van der Waals surface area contributed by atoms with Gasteiger partial charge in [-0.2, -0.15) is 9.61 Å². The molecule has 1 saturated heterocycles. The Kier molecular flexibility index (Phi) is 5.71. The van der Waals surface area contributed by atoms with Crippen LogP contribution in [0.1, 0.15) is 35.7 Å². The van der Waals surface area contributed by atoms with E-state index >= 15 is 0 Å². The van der Waals surface area contributed by atoms with Crippen molar-refractivity contribution in [3.8, 4) is 0 Å². The number of likely N-dealkylation sites (tertiary alicyclic amines) is 1. The van der Waals surface area contributed by atoms with E-state index in [9.17, 15) is 14.0 Å². The normalized spacial score (nSPS) is 18.5. The van der Waals surface area contributed by atoms with Crippen LogP contribution in [0.5, 0.6) is 0 Å². The first kappa shape index (κ1) is 21.4. The van der Waals surface area contributed by atoms with Gasteiger partial charge in [-0.25, -0.2) is 9.37 Å². The first-order chi connectivity index (χ1) is 16.1. The second-order valence-corrected chi connectivity index (χ2v) is 8.51. The summed E-state index contributed by atoms with van der Waals surface area (Å²) in [5.41, 5.74) is 0.990. The lowest BCUT2D eigenvalue weighted by Crippen LogP contribution is -2.29. The molecule has 174 valence electrons. The second-order valence-electron chi connectivity index (χ2n) is 8.51. The van der Waals surface area contributed by atoms with Crippen molar-refractivity contribution in [2.45, 2.75) is 31.3 Å². The number of halogens is 1. The summed E-state index contributed by atoms with van der Waals surface area (Å²) in [5, 5.41) is 13.4.